The van der Waals surface area contributed by atoms with E-state index in [1.807, 2.05) is 0 Å². The molecule has 2 rings (SSSR count). The number of nitro groups is 1. The molecule has 1 heterocycles. The first-order chi connectivity index (χ1) is 14.4. The van der Waals surface area contributed by atoms with Crippen LogP contribution in [0.3, 0.4) is 0 Å². The van der Waals surface area contributed by atoms with Crippen LogP contribution in [0, 0.1) is 10.1 Å². The van der Waals surface area contributed by atoms with Gasteiger partial charge in [-0.3, -0.25) is 14.7 Å². The number of carbonyl (C=O) groups excluding carboxylic acids is 1. The number of hydrogen-bond donors (Lipinski definition) is 1. The molecular weight excluding hydrogens is 423 g/mol. The zero-order valence-electron chi connectivity index (χ0n) is 18.8. The third-order valence-corrected chi connectivity index (χ3v) is 7.12. The van der Waals surface area contributed by atoms with Gasteiger partial charge in [-0.15, -0.1) is 0 Å². The summed E-state index contributed by atoms with van der Waals surface area (Å²) in [7, 11) is -2.69. The van der Waals surface area contributed by atoms with Gasteiger partial charge in [0.1, 0.15) is 0 Å². The minimum Gasteiger partial charge on any atom is -0.466 e. The van der Waals surface area contributed by atoms with Gasteiger partial charge in [0, 0.05) is 23.5 Å². The minimum atomic E-state index is -3.93. The first kappa shape index (κ1) is 24.8. The second-order valence-electron chi connectivity index (χ2n) is 7.76. The van der Waals surface area contributed by atoms with E-state index >= 15 is 0 Å². The van der Waals surface area contributed by atoms with Crippen molar-refractivity contribution < 1.29 is 28.1 Å². The van der Waals surface area contributed by atoms with E-state index in [1.165, 1.54) is 25.3 Å². The number of allylic oxidation sites excluding steroid dienone is 3. The number of dihydropyridines is 1. The van der Waals surface area contributed by atoms with Gasteiger partial charge in [0.25, 0.3) is 5.69 Å². The van der Waals surface area contributed by atoms with Gasteiger partial charge in [0.05, 0.1) is 41.0 Å². The summed E-state index contributed by atoms with van der Waals surface area (Å²) in [6, 6.07) is 5.87. The number of carbonyl (C=O) groups is 1. The van der Waals surface area contributed by atoms with E-state index in [-0.39, 0.29) is 16.6 Å². The number of esters is 1. The number of rotatable bonds is 8. The number of benzene rings is 1. The van der Waals surface area contributed by atoms with Crippen molar-refractivity contribution in [1.29, 1.82) is 0 Å². The van der Waals surface area contributed by atoms with E-state index < -0.39 is 36.6 Å². The summed E-state index contributed by atoms with van der Waals surface area (Å²) in [5, 5.41) is 14.7. The van der Waals surface area contributed by atoms with E-state index in [0.29, 0.717) is 17.0 Å². The highest BCUT2D eigenvalue weighted by Crippen LogP contribution is 2.65. The van der Waals surface area contributed by atoms with Crippen LogP contribution in [-0.2, 0) is 23.1 Å². The van der Waals surface area contributed by atoms with Crippen molar-refractivity contribution in [3.05, 3.63) is 62.2 Å². The van der Waals surface area contributed by atoms with Crippen molar-refractivity contribution in [1.82, 2.24) is 5.32 Å². The monoisotopic (exact) mass is 452 g/mol. The van der Waals surface area contributed by atoms with Gasteiger partial charge >= 0.3 is 13.6 Å². The predicted molar refractivity (Wildman–Crippen MR) is 116 cm³/mol. The molecule has 1 atom stereocenters. The molecule has 10 heteroatoms. The molecule has 1 unspecified atom stereocenters. The molecule has 0 amide bonds. The third-order valence-electron chi connectivity index (χ3n) is 4.54. The largest absolute Gasteiger partial charge is 0.466 e. The lowest BCUT2D eigenvalue weighted by Gasteiger charge is -2.35. The van der Waals surface area contributed by atoms with Crippen LogP contribution in [0.15, 0.2) is 46.5 Å². The molecule has 1 aromatic carbocycles. The second kappa shape index (κ2) is 9.77. The van der Waals surface area contributed by atoms with Crippen molar-refractivity contribution in [3.8, 4) is 0 Å². The van der Waals surface area contributed by atoms with E-state index in [4.69, 9.17) is 13.8 Å². The van der Waals surface area contributed by atoms with Crippen LogP contribution in [0.2, 0.25) is 0 Å². The summed E-state index contributed by atoms with van der Waals surface area (Å²) in [6.07, 6.45) is -0.881. The number of nitro benzene ring substituents is 1. The maximum atomic E-state index is 14.1. The fourth-order valence-corrected chi connectivity index (χ4v) is 6.01. The summed E-state index contributed by atoms with van der Waals surface area (Å²) in [5.74, 6) is -1.57. The van der Waals surface area contributed by atoms with Gasteiger partial charge in [-0.05, 0) is 47.1 Å². The number of methoxy groups -OCH3 is 1. The molecule has 1 N–H and O–H groups in total. The van der Waals surface area contributed by atoms with Crippen molar-refractivity contribution >= 4 is 19.3 Å². The highest BCUT2D eigenvalue weighted by atomic mass is 31.2. The van der Waals surface area contributed by atoms with E-state index in [1.54, 1.807) is 47.6 Å². The Bertz CT molecular complexity index is 968. The van der Waals surface area contributed by atoms with E-state index in [2.05, 4.69) is 5.32 Å². The first-order valence-electron chi connectivity index (χ1n) is 9.89. The SMILES string of the molecule is COC(=O)C1=C(C)NC(C)=C(P(=O)(OC(C)C)OC(C)C)C1c1cccc([N+](=O)[O-])c1. The Kier molecular flexibility index (Phi) is 7.81. The number of nitrogens with zero attached hydrogens (tertiary/aromatic N) is 1. The lowest BCUT2D eigenvalue weighted by atomic mass is 9.86. The van der Waals surface area contributed by atoms with Crippen LogP contribution >= 0.6 is 7.60 Å². The van der Waals surface area contributed by atoms with Crippen LogP contribution in [0.25, 0.3) is 0 Å². The van der Waals surface area contributed by atoms with Gasteiger partial charge in [-0.2, -0.15) is 0 Å². The van der Waals surface area contributed by atoms with Crippen LogP contribution in [0.1, 0.15) is 53.0 Å². The zero-order chi connectivity index (χ0) is 23.5. The number of non-ortho nitro benzene ring substituents is 1. The molecule has 0 spiro atoms. The average molecular weight is 452 g/mol. The molecule has 0 aliphatic carbocycles. The quantitative estimate of drug-likeness (QED) is 0.253. The molecule has 31 heavy (non-hydrogen) atoms. The molecule has 1 aliphatic rings. The van der Waals surface area contributed by atoms with Crippen LogP contribution in [-0.4, -0.2) is 30.2 Å². The predicted octanol–water partition coefficient (Wildman–Crippen LogP) is 5.00. The van der Waals surface area contributed by atoms with Crippen molar-refractivity contribution in [2.45, 2.75) is 59.7 Å². The second-order valence-corrected chi connectivity index (χ2v) is 9.65. The molecule has 0 radical (unpaired) electrons. The maximum absolute atomic E-state index is 14.1. The fourth-order valence-electron chi connectivity index (χ4n) is 3.56. The number of ether oxygens (including phenoxy) is 1. The Morgan fingerprint density at radius 1 is 1.13 bits per heavy atom. The Morgan fingerprint density at radius 3 is 2.19 bits per heavy atom. The highest BCUT2D eigenvalue weighted by molar-refractivity contribution is 7.58. The third kappa shape index (κ3) is 5.42. The Hall–Kier alpha value is -2.48. The molecule has 0 fully saturated rings. The molecule has 1 aromatic rings. The zero-order valence-corrected chi connectivity index (χ0v) is 19.7. The molecule has 1 aliphatic heterocycles. The summed E-state index contributed by atoms with van der Waals surface area (Å²) in [4.78, 5) is 23.6. The molecule has 0 aromatic heterocycles. The molecule has 0 saturated carbocycles. The molecule has 170 valence electrons. The summed E-state index contributed by atoms with van der Waals surface area (Å²) in [5.41, 5.74) is 1.42. The maximum Gasteiger partial charge on any atom is 0.360 e. The lowest BCUT2D eigenvalue weighted by molar-refractivity contribution is -0.384. The topological polar surface area (TPSA) is 117 Å². The standard InChI is InChI=1S/C21H29N2O7P/c1-12(2)29-31(27,30-13(3)4)20-15(6)22-14(5)18(21(24)28-7)19(20)16-9-8-10-17(11-16)23(25)26/h8-13,19,22H,1-7H3. The lowest BCUT2D eigenvalue weighted by Crippen LogP contribution is -2.30. The summed E-state index contributed by atoms with van der Waals surface area (Å²) < 4.78 is 30.7. The smallest absolute Gasteiger partial charge is 0.360 e. The van der Waals surface area contributed by atoms with Crippen molar-refractivity contribution in [2.24, 2.45) is 0 Å². The minimum absolute atomic E-state index is 0.153. The Morgan fingerprint density at radius 2 is 1.71 bits per heavy atom. The number of hydrogen-bond acceptors (Lipinski definition) is 8. The van der Waals surface area contributed by atoms with E-state index in [0.717, 1.165) is 0 Å². The van der Waals surface area contributed by atoms with Gasteiger partial charge < -0.3 is 19.1 Å². The van der Waals surface area contributed by atoms with Crippen LogP contribution in [0.5, 0.6) is 0 Å². The van der Waals surface area contributed by atoms with E-state index in [9.17, 15) is 19.5 Å². The van der Waals surface area contributed by atoms with Gasteiger partial charge in [0.2, 0.25) is 0 Å². The van der Waals surface area contributed by atoms with Crippen molar-refractivity contribution in [2.75, 3.05) is 7.11 Å². The molecule has 9 nitrogen and oxygen atoms in total. The Balaban J connectivity index is 2.84. The van der Waals surface area contributed by atoms with Gasteiger partial charge in [-0.1, -0.05) is 12.1 Å². The van der Waals surface area contributed by atoms with Crippen LogP contribution in [0.4, 0.5) is 5.69 Å². The van der Waals surface area contributed by atoms with Crippen molar-refractivity contribution in [3.63, 3.8) is 0 Å². The molecule has 0 bridgehead atoms. The fraction of sp³-hybridized carbons (Fsp3) is 0.476. The summed E-state index contributed by atoms with van der Waals surface area (Å²) in [6.45, 7) is 10.3. The Labute approximate surface area is 182 Å². The average Bonchev–Trinajstić information content (AvgIpc) is 2.65. The first-order valence-corrected chi connectivity index (χ1v) is 11.4. The molecule has 0 saturated heterocycles. The molecular formula is C21H29N2O7P. The summed E-state index contributed by atoms with van der Waals surface area (Å²) >= 11 is 0. The normalized spacial score (nSPS) is 17.3. The highest BCUT2D eigenvalue weighted by Gasteiger charge is 2.45. The van der Waals surface area contributed by atoms with Gasteiger partial charge in [0.15, 0.2) is 0 Å². The number of nitrogens with one attached hydrogen (secondary N) is 1. The van der Waals surface area contributed by atoms with Gasteiger partial charge in [-0.25, -0.2) is 4.79 Å². The van der Waals surface area contributed by atoms with Crippen LogP contribution < -0.4 is 5.32 Å².